The van der Waals surface area contributed by atoms with Crippen molar-refractivity contribution in [1.82, 2.24) is 9.80 Å². The highest BCUT2D eigenvalue weighted by Gasteiger charge is 2.31. The predicted molar refractivity (Wildman–Crippen MR) is 87.0 cm³/mol. The summed E-state index contributed by atoms with van der Waals surface area (Å²) in [6.45, 7) is 9.04. The fraction of sp³-hybridized carbons (Fsp3) is 0.941. The first-order chi connectivity index (χ1) is 10.2. The minimum absolute atomic E-state index is 0.300. The van der Waals surface area contributed by atoms with Gasteiger partial charge in [-0.3, -0.25) is 9.69 Å². The molecule has 0 radical (unpaired) electrons. The monoisotopic (exact) mass is 295 g/mol. The zero-order valence-corrected chi connectivity index (χ0v) is 13.9. The summed E-state index contributed by atoms with van der Waals surface area (Å²) in [4.78, 5) is 17.2. The second kappa shape index (κ2) is 8.14. The van der Waals surface area contributed by atoms with E-state index in [1.54, 1.807) is 0 Å². The van der Waals surface area contributed by atoms with Gasteiger partial charge in [0.05, 0.1) is 0 Å². The molecular formula is C17H33N3O. The SMILES string of the molecule is CCCC(CN)N1CCN(C(=O)C2CCC(C)CC2)CC1. The molecule has 4 nitrogen and oxygen atoms in total. The molecule has 1 amide bonds. The molecule has 2 N–H and O–H groups in total. The second-order valence-corrected chi connectivity index (χ2v) is 7.00. The lowest BCUT2D eigenvalue weighted by molar-refractivity contribution is -0.139. The molecule has 0 aromatic carbocycles. The van der Waals surface area contributed by atoms with Crippen molar-refractivity contribution in [3.63, 3.8) is 0 Å². The largest absolute Gasteiger partial charge is 0.340 e. The Morgan fingerprint density at radius 3 is 2.29 bits per heavy atom. The van der Waals surface area contributed by atoms with Crippen LogP contribution in [0.15, 0.2) is 0 Å². The van der Waals surface area contributed by atoms with Crippen molar-refractivity contribution in [3.8, 4) is 0 Å². The third kappa shape index (κ3) is 4.43. The smallest absolute Gasteiger partial charge is 0.225 e. The first-order valence-corrected chi connectivity index (χ1v) is 8.88. The average molecular weight is 295 g/mol. The van der Waals surface area contributed by atoms with Crippen LogP contribution in [0.2, 0.25) is 0 Å². The Bertz CT molecular complexity index is 318. The number of amides is 1. The summed E-state index contributed by atoms with van der Waals surface area (Å²) in [5.41, 5.74) is 5.89. The fourth-order valence-electron chi connectivity index (χ4n) is 3.86. The highest BCUT2D eigenvalue weighted by Crippen LogP contribution is 2.29. The molecule has 1 aliphatic carbocycles. The lowest BCUT2D eigenvalue weighted by Crippen LogP contribution is -2.54. The molecule has 2 rings (SSSR count). The summed E-state index contributed by atoms with van der Waals surface area (Å²) in [7, 11) is 0. The quantitative estimate of drug-likeness (QED) is 0.845. The van der Waals surface area contributed by atoms with Crippen LogP contribution in [-0.2, 0) is 4.79 Å². The van der Waals surface area contributed by atoms with Crippen molar-refractivity contribution in [2.24, 2.45) is 17.6 Å². The van der Waals surface area contributed by atoms with E-state index < -0.39 is 0 Å². The van der Waals surface area contributed by atoms with E-state index in [4.69, 9.17) is 5.73 Å². The van der Waals surface area contributed by atoms with Crippen LogP contribution >= 0.6 is 0 Å². The van der Waals surface area contributed by atoms with Gasteiger partial charge in [-0.2, -0.15) is 0 Å². The van der Waals surface area contributed by atoms with Crippen LogP contribution in [-0.4, -0.2) is 54.5 Å². The van der Waals surface area contributed by atoms with E-state index in [-0.39, 0.29) is 0 Å². The predicted octanol–water partition coefficient (Wildman–Crippen LogP) is 2.08. The molecule has 122 valence electrons. The van der Waals surface area contributed by atoms with Crippen molar-refractivity contribution < 1.29 is 4.79 Å². The number of carbonyl (C=O) groups is 1. The number of carbonyl (C=O) groups excluding carboxylic acids is 1. The minimum Gasteiger partial charge on any atom is -0.340 e. The molecule has 2 fully saturated rings. The van der Waals surface area contributed by atoms with E-state index in [0.717, 1.165) is 51.5 Å². The van der Waals surface area contributed by atoms with Gasteiger partial charge in [-0.25, -0.2) is 0 Å². The highest BCUT2D eigenvalue weighted by atomic mass is 16.2. The lowest BCUT2D eigenvalue weighted by Gasteiger charge is -2.40. The summed E-state index contributed by atoms with van der Waals surface area (Å²) in [6.07, 6.45) is 7.00. The molecular weight excluding hydrogens is 262 g/mol. The van der Waals surface area contributed by atoms with Crippen molar-refractivity contribution >= 4 is 5.91 Å². The molecule has 1 atom stereocenters. The number of hydrogen-bond donors (Lipinski definition) is 1. The van der Waals surface area contributed by atoms with Crippen LogP contribution in [0.3, 0.4) is 0 Å². The van der Waals surface area contributed by atoms with Crippen LogP contribution < -0.4 is 5.73 Å². The van der Waals surface area contributed by atoms with Gasteiger partial charge in [-0.1, -0.05) is 20.3 Å². The molecule has 1 saturated carbocycles. The summed E-state index contributed by atoms with van der Waals surface area (Å²) in [5, 5.41) is 0. The van der Waals surface area contributed by atoms with Crippen molar-refractivity contribution in [2.75, 3.05) is 32.7 Å². The number of nitrogens with zero attached hydrogens (tertiary/aromatic N) is 2. The molecule has 21 heavy (non-hydrogen) atoms. The molecule has 0 spiro atoms. The normalized spacial score (nSPS) is 29.4. The van der Waals surface area contributed by atoms with Gasteiger partial charge in [0.15, 0.2) is 0 Å². The van der Waals surface area contributed by atoms with Gasteiger partial charge in [0.1, 0.15) is 0 Å². The molecule has 2 aliphatic rings. The first-order valence-electron chi connectivity index (χ1n) is 8.88. The maximum atomic E-state index is 12.6. The number of piperazine rings is 1. The molecule has 1 aliphatic heterocycles. The standard InChI is InChI=1S/C17H33N3O/c1-3-4-16(13-18)19-9-11-20(12-10-19)17(21)15-7-5-14(2)6-8-15/h14-16H,3-13,18H2,1-2H3. The molecule has 4 heteroatoms. The molecule has 0 bridgehead atoms. The van der Waals surface area contributed by atoms with Gasteiger partial charge in [0.2, 0.25) is 5.91 Å². The minimum atomic E-state index is 0.300. The summed E-state index contributed by atoms with van der Waals surface area (Å²) in [5.74, 6) is 1.53. The van der Waals surface area contributed by atoms with E-state index in [2.05, 4.69) is 23.6 Å². The van der Waals surface area contributed by atoms with E-state index in [9.17, 15) is 4.79 Å². The Labute approximate surface area is 130 Å². The van der Waals surface area contributed by atoms with Crippen LogP contribution in [0.25, 0.3) is 0 Å². The van der Waals surface area contributed by atoms with Gasteiger partial charge >= 0.3 is 0 Å². The molecule has 1 saturated heterocycles. The maximum Gasteiger partial charge on any atom is 0.225 e. The summed E-state index contributed by atoms with van der Waals surface area (Å²) in [6, 6.07) is 0.503. The Morgan fingerprint density at radius 2 is 1.76 bits per heavy atom. The molecule has 0 aromatic rings. The third-order valence-electron chi connectivity index (χ3n) is 5.40. The zero-order chi connectivity index (χ0) is 15.2. The van der Waals surface area contributed by atoms with Crippen LogP contribution in [0.1, 0.15) is 52.4 Å². The Morgan fingerprint density at radius 1 is 1.14 bits per heavy atom. The highest BCUT2D eigenvalue weighted by molar-refractivity contribution is 5.79. The van der Waals surface area contributed by atoms with E-state index in [1.807, 2.05) is 0 Å². The summed E-state index contributed by atoms with van der Waals surface area (Å²) < 4.78 is 0. The van der Waals surface area contributed by atoms with Gasteiger partial charge < -0.3 is 10.6 Å². The van der Waals surface area contributed by atoms with E-state index in [1.165, 1.54) is 25.7 Å². The topological polar surface area (TPSA) is 49.6 Å². The fourth-order valence-corrected chi connectivity index (χ4v) is 3.86. The van der Waals surface area contributed by atoms with Gasteiger partial charge in [-0.15, -0.1) is 0 Å². The third-order valence-corrected chi connectivity index (χ3v) is 5.40. The van der Waals surface area contributed by atoms with Crippen molar-refractivity contribution in [2.45, 2.75) is 58.4 Å². The van der Waals surface area contributed by atoms with Gasteiger partial charge in [-0.05, 0) is 38.0 Å². The Kier molecular flexibility index (Phi) is 6.49. The average Bonchev–Trinajstić information content (AvgIpc) is 2.53. The number of hydrogen-bond acceptors (Lipinski definition) is 3. The maximum absolute atomic E-state index is 12.6. The Balaban J connectivity index is 1.79. The summed E-state index contributed by atoms with van der Waals surface area (Å²) >= 11 is 0. The van der Waals surface area contributed by atoms with Crippen LogP contribution in [0, 0.1) is 11.8 Å². The van der Waals surface area contributed by atoms with Crippen LogP contribution in [0.4, 0.5) is 0 Å². The molecule has 1 unspecified atom stereocenters. The zero-order valence-electron chi connectivity index (χ0n) is 13.9. The van der Waals surface area contributed by atoms with Gasteiger partial charge in [0, 0.05) is 44.7 Å². The van der Waals surface area contributed by atoms with Crippen LogP contribution in [0.5, 0.6) is 0 Å². The van der Waals surface area contributed by atoms with Gasteiger partial charge in [0.25, 0.3) is 0 Å². The Hall–Kier alpha value is -0.610. The first kappa shape index (κ1) is 16.8. The molecule has 0 aromatic heterocycles. The van der Waals surface area contributed by atoms with E-state index in [0.29, 0.717) is 17.9 Å². The number of nitrogens with two attached hydrogens (primary N) is 1. The molecule has 1 heterocycles. The lowest BCUT2D eigenvalue weighted by atomic mass is 9.82. The second-order valence-electron chi connectivity index (χ2n) is 7.00. The van der Waals surface area contributed by atoms with Crippen molar-refractivity contribution in [3.05, 3.63) is 0 Å². The van der Waals surface area contributed by atoms with Crippen molar-refractivity contribution in [1.29, 1.82) is 0 Å². The van der Waals surface area contributed by atoms with E-state index >= 15 is 0 Å². The number of rotatable bonds is 5.